The molecule has 0 radical (unpaired) electrons. The van der Waals surface area contributed by atoms with Gasteiger partial charge in [-0.3, -0.25) is 28.8 Å². The summed E-state index contributed by atoms with van der Waals surface area (Å²) in [7, 11) is 0. The largest absolute Gasteiger partial charge is 0.465 e. The van der Waals surface area contributed by atoms with Gasteiger partial charge in [-0.1, -0.05) is 74.5 Å². The Hall–Kier alpha value is -8.29. The van der Waals surface area contributed by atoms with Crippen molar-refractivity contribution in [2.75, 3.05) is 43.5 Å². The summed E-state index contributed by atoms with van der Waals surface area (Å²) in [6.45, 7) is 4.80. The van der Waals surface area contributed by atoms with Crippen molar-refractivity contribution in [1.29, 1.82) is 0 Å². The highest BCUT2D eigenvalue weighted by Crippen LogP contribution is 2.44. The van der Waals surface area contributed by atoms with Gasteiger partial charge < -0.3 is 79.6 Å². The molecule has 0 unspecified atom stereocenters. The third-order valence-electron chi connectivity index (χ3n) is 12.7. The number of aliphatic hydroxyl groups excluding tert-OH is 3. The first-order chi connectivity index (χ1) is 38.8. The molecule has 424 valence electrons. The molecule has 3 amide bonds. The number of anilines is 2. The van der Waals surface area contributed by atoms with Crippen molar-refractivity contribution < 1.29 is 104 Å². The summed E-state index contributed by atoms with van der Waals surface area (Å²) in [5.41, 5.74) is 11.0. The van der Waals surface area contributed by atoms with Gasteiger partial charge in [-0.2, -0.15) is 9.59 Å². The number of nitrogens with one attached hydrogen (secondary N) is 3. The number of alkyl carbamates (subject to hydrolysis) is 1. The van der Waals surface area contributed by atoms with E-state index in [0.29, 0.717) is 17.6 Å². The number of amides is 3. The first kappa shape index (κ1) is 58.4. The maximum atomic E-state index is 13.1. The molecule has 8 N–H and O–H groups in total. The average Bonchev–Trinajstić information content (AvgIpc) is 3.76. The minimum Gasteiger partial charge on any atom is -0.465 e. The van der Waals surface area contributed by atoms with Gasteiger partial charge in [-0.25, -0.2) is 4.79 Å². The predicted molar refractivity (Wildman–Crippen MR) is 272 cm³/mol. The van der Waals surface area contributed by atoms with Crippen LogP contribution in [0.15, 0.2) is 84.9 Å². The SMILES string of the molecule is O=C=O.[2H]C(=O)OCc1ccc(O[C@@H]2OC[C@@H](O)[C@H](O)[C@H]2O)c(NC(=O)CCN)c1.[2H]C(=O)OCc1ccc(O[C@@H]2O[C@H](COC=O)[C@@H](C)[C@H](C)[C@H]2OC(C)=O)c(NC(=O)CCNC(=O)OCC2c3ccccc3-c3ccccc32)c1. The van der Waals surface area contributed by atoms with Crippen LogP contribution in [0, 0.1) is 11.8 Å². The zero-order valence-electron chi connectivity index (χ0n) is 45.1. The molecule has 1 aliphatic carbocycles. The molecular weight excluding hydrogens is 1040 g/mol. The normalized spacial score (nSPS) is 21.9. The first-order valence-corrected chi connectivity index (χ1v) is 24.6. The van der Waals surface area contributed by atoms with E-state index in [9.17, 15) is 48.9 Å². The minimum absolute atomic E-state index is 0.0388. The minimum atomic E-state index is -1.51. The van der Waals surface area contributed by atoms with E-state index in [-0.39, 0.29) is 106 Å². The van der Waals surface area contributed by atoms with Crippen LogP contribution in [-0.2, 0) is 84.7 Å². The molecule has 7 rings (SSSR count). The lowest BCUT2D eigenvalue weighted by Crippen LogP contribution is -2.54. The topological polar surface area (TPSA) is 359 Å². The zero-order chi connectivity index (χ0) is 59.2. The van der Waals surface area contributed by atoms with Crippen LogP contribution in [0.5, 0.6) is 11.5 Å². The monoisotopic (exact) mass is 1100 g/mol. The van der Waals surface area contributed by atoms with Crippen LogP contribution in [0.2, 0.25) is 0 Å². The van der Waals surface area contributed by atoms with Gasteiger partial charge in [0.15, 0.2) is 8.85 Å². The molecule has 0 bridgehead atoms. The van der Waals surface area contributed by atoms with Crippen molar-refractivity contribution in [3.05, 3.63) is 107 Å². The number of esters is 1. The fourth-order valence-electron chi connectivity index (χ4n) is 8.61. The number of benzene rings is 4. The second-order valence-electron chi connectivity index (χ2n) is 17.9. The summed E-state index contributed by atoms with van der Waals surface area (Å²) in [6.07, 6.45) is -11.0. The Balaban J connectivity index is 0.000000337. The fraction of sp³-hybridized carbons (Fsp3) is 0.407. The predicted octanol–water partition coefficient (Wildman–Crippen LogP) is 2.59. The zero-order valence-corrected chi connectivity index (χ0v) is 43.1. The molecule has 0 spiro atoms. The molecule has 4 aromatic carbocycles. The van der Waals surface area contributed by atoms with Crippen LogP contribution < -0.4 is 31.2 Å². The maximum Gasteiger partial charge on any atom is 0.407 e. The van der Waals surface area contributed by atoms with Gasteiger partial charge in [0.1, 0.15) is 56.2 Å². The van der Waals surface area contributed by atoms with Crippen molar-refractivity contribution >= 4 is 60.8 Å². The molecule has 9 atom stereocenters. The number of hydrogen-bond acceptors (Lipinski definition) is 22. The average molecular weight is 1110 g/mol. The Kier molecular flexibility index (Phi) is 23.1. The number of nitrogens with two attached hydrogens (primary N) is 1. The second kappa shape index (κ2) is 31.2. The van der Waals surface area contributed by atoms with E-state index in [1.54, 1.807) is 6.07 Å². The van der Waals surface area contributed by atoms with Crippen LogP contribution >= 0.6 is 0 Å². The quantitative estimate of drug-likeness (QED) is 0.0358. The Morgan fingerprint density at radius 3 is 1.82 bits per heavy atom. The van der Waals surface area contributed by atoms with Gasteiger partial charge in [-0.05, 0) is 63.6 Å². The van der Waals surface area contributed by atoms with E-state index >= 15 is 0 Å². The Bertz CT molecular complexity index is 2810. The molecular formula is C54H62N4O21. The summed E-state index contributed by atoms with van der Waals surface area (Å²) < 4.78 is 62.3. The smallest absolute Gasteiger partial charge is 0.407 e. The summed E-state index contributed by atoms with van der Waals surface area (Å²) in [5, 5.41) is 37.1. The lowest BCUT2D eigenvalue weighted by atomic mass is 9.83. The number of hydrogen-bond donors (Lipinski definition) is 7. The Morgan fingerprint density at radius 2 is 1.29 bits per heavy atom. The molecule has 0 aromatic heterocycles. The molecule has 2 saturated heterocycles. The standard InChI is InChI=1S/C37H40N2O11.C16H22N2O8.CO2/c1-22-23(2)35(48-24(3)42)36(50-33(22)19-46-21-41)49-32-13-12-25(17-45-20-40)16-31(32)39-34(43)14-15-38-37(44)47-18-30-28-10-6-4-8-26(28)27-9-5-7-11-29(27)30;17-4-3-13(21)18-10-5-9(6-24-8-19)1-2-12(10)26-16-15(23)14(22)11(20)7-25-16;2-1-3/h4-13,16,20-23,30,33,35-36H,14-15,17-19H2,1-3H3,(H,38,44)(H,39,43);1-2,5,8,11,14-16,20,22-23H,3-4,6-7,17H2,(H,18,21);/t22-,23-,33+,35+,36+;11-,14+,15-,16+;/m01./s1/i20D;8D;. The highest BCUT2D eigenvalue weighted by Gasteiger charge is 2.45. The summed E-state index contributed by atoms with van der Waals surface area (Å²) in [6, 6.07) is 25.0. The highest BCUT2D eigenvalue weighted by molar-refractivity contribution is 5.93. The lowest BCUT2D eigenvalue weighted by Gasteiger charge is -2.43. The number of rotatable bonds is 21. The molecule has 4 aromatic rings. The van der Waals surface area contributed by atoms with Gasteiger partial charge in [0.25, 0.3) is 19.4 Å². The van der Waals surface area contributed by atoms with E-state index in [0.717, 1.165) is 22.3 Å². The number of carbonyl (C=O) groups is 7. The van der Waals surface area contributed by atoms with E-state index in [1.165, 1.54) is 37.3 Å². The van der Waals surface area contributed by atoms with E-state index in [1.807, 2.05) is 62.4 Å². The van der Waals surface area contributed by atoms with Crippen LogP contribution in [0.3, 0.4) is 0 Å². The maximum absolute atomic E-state index is 13.1. The van der Waals surface area contributed by atoms with Gasteiger partial charge in [0.2, 0.25) is 24.4 Å². The van der Waals surface area contributed by atoms with Gasteiger partial charge in [0.05, 0.1) is 24.1 Å². The van der Waals surface area contributed by atoms with E-state index in [2.05, 4.69) is 20.7 Å². The molecule has 0 saturated carbocycles. The van der Waals surface area contributed by atoms with Crippen LogP contribution in [0.1, 0.15) is 64.5 Å². The summed E-state index contributed by atoms with van der Waals surface area (Å²) >= 11 is 0. The number of carbonyl (C=O) groups excluding carboxylic acids is 9. The van der Waals surface area contributed by atoms with Gasteiger partial charge in [0, 0.05) is 44.7 Å². The summed E-state index contributed by atoms with van der Waals surface area (Å²) in [5.74, 6) is -1.75. The van der Waals surface area contributed by atoms with E-state index < -0.39 is 79.9 Å². The third kappa shape index (κ3) is 17.6. The molecule has 2 aliphatic heterocycles. The molecule has 2 heterocycles. The lowest BCUT2D eigenvalue weighted by molar-refractivity contribution is -0.252. The van der Waals surface area contributed by atoms with Crippen molar-refractivity contribution in [2.24, 2.45) is 17.6 Å². The number of fused-ring (bicyclic) bond motifs is 3. The Labute approximate surface area is 455 Å². The van der Waals surface area contributed by atoms with Crippen LogP contribution in [-0.4, -0.2) is 141 Å². The third-order valence-corrected chi connectivity index (χ3v) is 12.7. The van der Waals surface area contributed by atoms with Crippen molar-refractivity contribution in [2.45, 2.75) is 95.8 Å². The molecule has 25 heteroatoms. The second-order valence-corrected chi connectivity index (χ2v) is 17.9. The molecule has 79 heavy (non-hydrogen) atoms. The molecule has 2 fully saturated rings. The molecule has 25 nitrogen and oxygen atoms in total. The van der Waals surface area contributed by atoms with Crippen molar-refractivity contribution in [1.82, 2.24) is 5.32 Å². The van der Waals surface area contributed by atoms with Gasteiger partial charge >= 0.3 is 18.2 Å². The van der Waals surface area contributed by atoms with Crippen LogP contribution in [0.4, 0.5) is 16.2 Å². The number of ether oxygens (including phenoxy) is 9. The van der Waals surface area contributed by atoms with Crippen molar-refractivity contribution in [3.63, 3.8) is 0 Å². The van der Waals surface area contributed by atoms with E-state index in [4.69, 9.17) is 56.0 Å². The molecule has 3 aliphatic rings. The fourth-order valence-corrected chi connectivity index (χ4v) is 8.61. The highest BCUT2D eigenvalue weighted by atomic mass is 16.7. The number of aliphatic hydroxyl groups is 3. The first-order valence-electron chi connectivity index (χ1n) is 25.6. The van der Waals surface area contributed by atoms with Gasteiger partial charge in [-0.15, -0.1) is 0 Å². The van der Waals surface area contributed by atoms with Crippen LogP contribution in [0.25, 0.3) is 11.1 Å². The Morgan fingerprint density at radius 1 is 0.747 bits per heavy atom. The van der Waals surface area contributed by atoms with Crippen molar-refractivity contribution in [3.8, 4) is 22.6 Å². The summed E-state index contributed by atoms with van der Waals surface area (Å²) in [4.78, 5) is 98.5.